The summed E-state index contributed by atoms with van der Waals surface area (Å²) in [5.41, 5.74) is 3.66. The molecule has 0 aliphatic heterocycles. The monoisotopic (exact) mass is 172 g/mol. The molecule has 0 saturated carbocycles. The highest BCUT2D eigenvalue weighted by atomic mass is 14.7. The van der Waals surface area contributed by atoms with Gasteiger partial charge in [0.1, 0.15) is 0 Å². The molecule has 1 aromatic heterocycles. The van der Waals surface area contributed by atoms with Crippen molar-refractivity contribution in [2.75, 3.05) is 0 Å². The standard InChI is InChI=1S/C11H12N2/c12-6-5-9-7-10-3-1-2-4-11(10)13-8-9/h7-8H,1-5H2. The van der Waals surface area contributed by atoms with E-state index in [1.165, 1.54) is 24.1 Å². The van der Waals surface area contributed by atoms with Gasteiger partial charge in [-0.25, -0.2) is 0 Å². The van der Waals surface area contributed by atoms with E-state index in [-0.39, 0.29) is 0 Å². The molecule has 0 N–H and O–H groups in total. The molecule has 0 bridgehead atoms. The molecule has 0 radical (unpaired) electrons. The van der Waals surface area contributed by atoms with Gasteiger partial charge in [-0.15, -0.1) is 0 Å². The molecule has 1 aliphatic rings. The third-order valence-electron chi connectivity index (χ3n) is 2.51. The van der Waals surface area contributed by atoms with E-state index < -0.39 is 0 Å². The maximum atomic E-state index is 8.55. The first-order valence-electron chi connectivity index (χ1n) is 4.74. The van der Waals surface area contributed by atoms with Crippen LogP contribution in [-0.4, -0.2) is 4.98 Å². The number of hydrogen-bond donors (Lipinski definition) is 0. The normalized spacial score (nSPS) is 14.7. The highest BCUT2D eigenvalue weighted by Crippen LogP contribution is 2.19. The van der Waals surface area contributed by atoms with Gasteiger partial charge in [-0.3, -0.25) is 4.98 Å². The number of fused-ring (bicyclic) bond motifs is 1. The van der Waals surface area contributed by atoms with Crippen molar-refractivity contribution < 1.29 is 0 Å². The quantitative estimate of drug-likeness (QED) is 0.649. The number of nitrogens with zero attached hydrogens (tertiary/aromatic N) is 2. The van der Waals surface area contributed by atoms with Crippen LogP contribution in [-0.2, 0) is 19.3 Å². The van der Waals surface area contributed by atoms with Crippen LogP contribution in [0.1, 0.15) is 29.7 Å². The molecule has 0 spiro atoms. The van der Waals surface area contributed by atoms with E-state index in [0.29, 0.717) is 6.42 Å². The van der Waals surface area contributed by atoms with Crippen molar-refractivity contribution in [3.63, 3.8) is 0 Å². The summed E-state index contributed by atoms with van der Waals surface area (Å²) in [6.45, 7) is 0. The minimum absolute atomic E-state index is 0.486. The third-order valence-corrected chi connectivity index (χ3v) is 2.51. The molecule has 1 aromatic rings. The fourth-order valence-corrected chi connectivity index (χ4v) is 1.83. The van der Waals surface area contributed by atoms with Gasteiger partial charge in [0, 0.05) is 11.9 Å². The highest BCUT2D eigenvalue weighted by molar-refractivity contribution is 5.28. The van der Waals surface area contributed by atoms with Crippen LogP contribution < -0.4 is 0 Å². The Balaban J connectivity index is 2.31. The Bertz CT molecular complexity index is 350. The lowest BCUT2D eigenvalue weighted by Gasteiger charge is -2.14. The Morgan fingerprint density at radius 1 is 1.38 bits per heavy atom. The first kappa shape index (κ1) is 8.25. The van der Waals surface area contributed by atoms with Crippen LogP contribution in [0.5, 0.6) is 0 Å². The maximum absolute atomic E-state index is 8.55. The van der Waals surface area contributed by atoms with Gasteiger partial charge >= 0.3 is 0 Å². The summed E-state index contributed by atoms with van der Waals surface area (Å²) in [5.74, 6) is 0. The fourth-order valence-electron chi connectivity index (χ4n) is 1.83. The van der Waals surface area contributed by atoms with Gasteiger partial charge in [0.25, 0.3) is 0 Å². The van der Waals surface area contributed by atoms with Crippen molar-refractivity contribution in [3.05, 3.63) is 29.1 Å². The van der Waals surface area contributed by atoms with Gasteiger partial charge in [0.05, 0.1) is 12.5 Å². The number of aromatic nitrogens is 1. The first-order chi connectivity index (χ1) is 6.40. The summed E-state index contributed by atoms with van der Waals surface area (Å²) in [6, 6.07) is 4.29. The van der Waals surface area contributed by atoms with E-state index in [1.807, 2.05) is 6.20 Å². The summed E-state index contributed by atoms with van der Waals surface area (Å²) in [4.78, 5) is 4.39. The Morgan fingerprint density at radius 3 is 3.08 bits per heavy atom. The largest absolute Gasteiger partial charge is 0.261 e. The third kappa shape index (κ3) is 1.70. The molecule has 2 rings (SSSR count). The molecule has 0 aromatic carbocycles. The number of hydrogen-bond acceptors (Lipinski definition) is 2. The number of rotatable bonds is 1. The molecule has 0 fully saturated rings. The van der Waals surface area contributed by atoms with Crippen molar-refractivity contribution in [1.82, 2.24) is 4.98 Å². The van der Waals surface area contributed by atoms with Gasteiger partial charge in [-0.1, -0.05) is 6.07 Å². The predicted molar refractivity (Wildman–Crippen MR) is 50.2 cm³/mol. The lowest BCUT2D eigenvalue weighted by molar-refractivity contribution is 0.666. The lowest BCUT2D eigenvalue weighted by Crippen LogP contribution is -2.05. The molecule has 13 heavy (non-hydrogen) atoms. The second kappa shape index (κ2) is 3.57. The Morgan fingerprint density at radius 2 is 2.23 bits per heavy atom. The fraction of sp³-hybridized carbons (Fsp3) is 0.455. The molecule has 2 heteroatoms. The average Bonchev–Trinajstić information content (AvgIpc) is 2.18. The summed E-state index contributed by atoms with van der Waals surface area (Å²) in [7, 11) is 0. The molecule has 1 heterocycles. The second-order valence-corrected chi connectivity index (χ2v) is 3.49. The number of nitriles is 1. The topological polar surface area (TPSA) is 36.7 Å². The molecule has 0 saturated heterocycles. The van der Waals surface area contributed by atoms with E-state index in [2.05, 4.69) is 17.1 Å². The van der Waals surface area contributed by atoms with Crippen LogP contribution in [0.4, 0.5) is 0 Å². The van der Waals surface area contributed by atoms with Gasteiger partial charge in [0.15, 0.2) is 0 Å². The van der Waals surface area contributed by atoms with Crippen molar-refractivity contribution in [3.8, 4) is 6.07 Å². The molecular formula is C11H12N2. The Kier molecular flexibility index (Phi) is 2.27. The summed E-state index contributed by atoms with van der Waals surface area (Å²) >= 11 is 0. The van der Waals surface area contributed by atoms with Crippen LogP contribution in [0.25, 0.3) is 0 Å². The van der Waals surface area contributed by atoms with Crippen molar-refractivity contribution >= 4 is 0 Å². The molecule has 2 nitrogen and oxygen atoms in total. The maximum Gasteiger partial charge on any atom is 0.0670 e. The average molecular weight is 172 g/mol. The molecule has 0 unspecified atom stereocenters. The van der Waals surface area contributed by atoms with Crippen molar-refractivity contribution in [2.45, 2.75) is 32.1 Å². The summed E-state index contributed by atoms with van der Waals surface area (Å²) in [5, 5.41) is 8.55. The zero-order valence-corrected chi connectivity index (χ0v) is 7.58. The zero-order valence-electron chi connectivity index (χ0n) is 7.58. The van der Waals surface area contributed by atoms with E-state index in [4.69, 9.17) is 5.26 Å². The molecular weight excluding hydrogens is 160 g/mol. The SMILES string of the molecule is N#CCc1cnc2c(c1)CCCC2. The Labute approximate surface area is 78.2 Å². The first-order valence-corrected chi connectivity index (χ1v) is 4.74. The van der Waals surface area contributed by atoms with E-state index >= 15 is 0 Å². The minimum atomic E-state index is 0.486. The highest BCUT2D eigenvalue weighted by Gasteiger charge is 2.10. The van der Waals surface area contributed by atoms with Crippen molar-refractivity contribution in [2.24, 2.45) is 0 Å². The molecule has 66 valence electrons. The number of pyridine rings is 1. The molecule has 1 aliphatic carbocycles. The van der Waals surface area contributed by atoms with E-state index in [9.17, 15) is 0 Å². The van der Waals surface area contributed by atoms with Crippen LogP contribution in [0.3, 0.4) is 0 Å². The van der Waals surface area contributed by atoms with Gasteiger partial charge in [-0.05, 0) is 36.8 Å². The van der Waals surface area contributed by atoms with Gasteiger partial charge < -0.3 is 0 Å². The van der Waals surface area contributed by atoms with Crippen LogP contribution in [0.15, 0.2) is 12.3 Å². The lowest BCUT2D eigenvalue weighted by atomic mass is 9.95. The van der Waals surface area contributed by atoms with E-state index in [0.717, 1.165) is 18.4 Å². The number of aryl methyl sites for hydroxylation is 2. The molecule has 0 atom stereocenters. The molecule has 0 amide bonds. The zero-order chi connectivity index (χ0) is 9.10. The van der Waals surface area contributed by atoms with Crippen LogP contribution >= 0.6 is 0 Å². The van der Waals surface area contributed by atoms with Gasteiger partial charge in [-0.2, -0.15) is 5.26 Å². The Hall–Kier alpha value is -1.36. The smallest absolute Gasteiger partial charge is 0.0670 e. The predicted octanol–water partition coefficient (Wildman–Crippen LogP) is 2.03. The van der Waals surface area contributed by atoms with Gasteiger partial charge in [0.2, 0.25) is 0 Å². The summed E-state index contributed by atoms with van der Waals surface area (Å²) in [6.07, 6.45) is 7.11. The van der Waals surface area contributed by atoms with Crippen molar-refractivity contribution in [1.29, 1.82) is 5.26 Å². The van der Waals surface area contributed by atoms with Crippen LogP contribution in [0, 0.1) is 11.3 Å². The second-order valence-electron chi connectivity index (χ2n) is 3.49. The van der Waals surface area contributed by atoms with E-state index in [1.54, 1.807) is 0 Å². The minimum Gasteiger partial charge on any atom is -0.261 e. The van der Waals surface area contributed by atoms with Crippen LogP contribution in [0.2, 0.25) is 0 Å². The summed E-state index contributed by atoms with van der Waals surface area (Å²) < 4.78 is 0.